The molecule has 1 aromatic rings. The molecule has 1 aliphatic rings. The second kappa shape index (κ2) is 14.3. The van der Waals surface area contributed by atoms with E-state index in [4.69, 9.17) is 4.74 Å². The molecule has 0 aromatic carbocycles. The Balaban J connectivity index is 0.00000480. The highest BCUT2D eigenvalue weighted by Crippen LogP contribution is 2.17. The Labute approximate surface area is 204 Å². The van der Waals surface area contributed by atoms with Gasteiger partial charge in [-0.15, -0.1) is 24.0 Å². The van der Waals surface area contributed by atoms with Gasteiger partial charge in [0.1, 0.15) is 11.4 Å². The molecule has 0 atom stereocenters. The number of pyridine rings is 1. The Morgan fingerprint density at radius 2 is 1.77 bits per heavy atom. The molecule has 2 heterocycles. The fourth-order valence-corrected chi connectivity index (χ4v) is 3.21. The van der Waals surface area contributed by atoms with E-state index in [1.807, 2.05) is 27.0 Å². The summed E-state index contributed by atoms with van der Waals surface area (Å²) in [5.74, 6) is 1.80. The Kier molecular flexibility index (Phi) is 12.6. The van der Waals surface area contributed by atoms with E-state index in [1.54, 1.807) is 7.05 Å². The summed E-state index contributed by atoms with van der Waals surface area (Å²) in [6.45, 7) is 9.64. The molecule has 3 N–H and O–H groups in total. The standard InChI is InChI=1S/C22H38N6O2.HI/c1-22(2,3)30-21(29)25-13-9-12-24-20(23-4)27-17-18-10-11-19(26-16-18)28-14-7-5-6-8-15-28;/h10-11,16H,5-9,12-15,17H2,1-4H3,(H,25,29)(H2,23,24,27);1H. The van der Waals surface area contributed by atoms with Crippen LogP contribution in [0.4, 0.5) is 10.6 Å². The van der Waals surface area contributed by atoms with E-state index < -0.39 is 5.60 Å². The van der Waals surface area contributed by atoms with Crippen molar-refractivity contribution in [3.63, 3.8) is 0 Å². The molecule has 2 rings (SSSR count). The third kappa shape index (κ3) is 11.4. The summed E-state index contributed by atoms with van der Waals surface area (Å²) in [4.78, 5) is 22.9. The number of guanidine groups is 1. The van der Waals surface area contributed by atoms with Gasteiger partial charge in [0.15, 0.2) is 5.96 Å². The highest BCUT2D eigenvalue weighted by molar-refractivity contribution is 14.0. The van der Waals surface area contributed by atoms with E-state index in [9.17, 15) is 4.79 Å². The fraction of sp³-hybridized carbons (Fsp3) is 0.682. The van der Waals surface area contributed by atoms with Crippen molar-refractivity contribution in [2.45, 2.75) is 65.0 Å². The first-order valence-corrected chi connectivity index (χ1v) is 11.0. The van der Waals surface area contributed by atoms with E-state index in [0.29, 0.717) is 19.6 Å². The van der Waals surface area contributed by atoms with Crippen LogP contribution in [0.25, 0.3) is 0 Å². The second-order valence-corrected chi connectivity index (χ2v) is 8.56. The van der Waals surface area contributed by atoms with Gasteiger partial charge in [0, 0.05) is 46.0 Å². The zero-order valence-electron chi connectivity index (χ0n) is 19.4. The molecule has 1 aromatic heterocycles. The summed E-state index contributed by atoms with van der Waals surface area (Å²) in [5.41, 5.74) is 0.636. The Morgan fingerprint density at radius 3 is 2.35 bits per heavy atom. The highest BCUT2D eigenvalue weighted by Gasteiger charge is 2.15. The van der Waals surface area contributed by atoms with Crippen molar-refractivity contribution in [3.8, 4) is 0 Å². The molecule has 1 saturated heterocycles. The molecule has 8 nitrogen and oxygen atoms in total. The lowest BCUT2D eigenvalue weighted by molar-refractivity contribution is 0.0527. The Morgan fingerprint density at radius 1 is 1.10 bits per heavy atom. The van der Waals surface area contributed by atoms with E-state index >= 15 is 0 Å². The van der Waals surface area contributed by atoms with Crippen LogP contribution >= 0.6 is 24.0 Å². The first-order chi connectivity index (χ1) is 14.4. The first-order valence-electron chi connectivity index (χ1n) is 11.0. The summed E-state index contributed by atoms with van der Waals surface area (Å²) in [5, 5.41) is 9.30. The number of rotatable bonds is 7. The van der Waals surface area contributed by atoms with Crippen molar-refractivity contribution >= 4 is 41.8 Å². The summed E-state index contributed by atoms with van der Waals surface area (Å²) in [6.07, 6.45) is 7.46. The van der Waals surface area contributed by atoms with Crippen molar-refractivity contribution in [2.75, 3.05) is 38.1 Å². The maximum atomic E-state index is 11.6. The summed E-state index contributed by atoms with van der Waals surface area (Å²) < 4.78 is 5.21. The van der Waals surface area contributed by atoms with Gasteiger partial charge in [0.05, 0.1) is 0 Å². The third-order valence-corrected chi connectivity index (χ3v) is 4.74. The quantitative estimate of drug-likeness (QED) is 0.209. The van der Waals surface area contributed by atoms with Crippen LogP contribution < -0.4 is 20.9 Å². The van der Waals surface area contributed by atoms with Crippen molar-refractivity contribution in [1.29, 1.82) is 0 Å². The molecule has 1 amide bonds. The molecule has 176 valence electrons. The number of alkyl carbamates (subject to hydrolysis) is 1. The van der Waals surface area contributed by atoms with Crippen LogP contribution in [0.15, 0.2) is 23.3 Å². The zero-order chi connectivity index (χ0) is 21.8. The van der Waals surface area contributed by atoms with Crippen LogP contribution in [-0.2, 0) is 11.3 Å². The molecule has 31 heavy (non-hydrogen) atoms. The number of nitrogens with one attached hydrogen (secondary N) is 3. The minimum Gasteiger partial charge on any atom is -0.444 e. The fourth-order valence-electron chi connectivity index (χ4n) is 3.21. The van der Waals surface area contributed by atoms with Crippen LogP contribution in [0, 0.1) is 0 Å². The molecule has 9 heteroatoms. The number of carbonyl (C=O) groups excluding carboxylic acids is 1. The lowest BCUT2D eigenvalue weighted by Gasteiger charge is -2.21. The molecule has 0 bridgehead atoms. The zero-order valence-corrected chi connectivity index (χ0v) is 21.7. The number of aromatic nitrogens is 1. The van der Waals surface area contributed by atoms with E-state index in [2.05, 4.69) is 43.0 Å². The number of nitrogens with zero attached hydrogens (tertiary/aromatic N) is 3. The number of amides is 1. The van der Waals surface area contributed by atoms with Gasteiger partial charge in [-0.05, 0) is 51.7 Å². The number of aliphatic imine (C=N–C) groups is 1. The van der Waals surface area contributed by atoms with Gasteiger partial charge in [-0.2, -0.15) is 0 Å². The normalized spacial score (nSPS) is 14.8. The van der Waals surface area contributed by atoms with Gasteiger partial charge < -0.3 is 25.6 Å². The first kappa shape index (κ1) is 27.3. The van der Waals surface area contributed by atoms with Gasteiger partial charge in [0.2, 0.25) is 0 Å². The predicted octanol–water partition coefficient (Wildman–Crippen LogP) is 3.66. The number of hydrogen-bond acceptors (Lipinski definition) is 5. The maximum absolute atomic E-state index is 11.6. The molecular weight excluding hydrogens is 507 g/mol. The average Bonchev–Trinajstić information content (AvgIpc) is 2.98. The van der Waals surface area contributed by atoms with Crippen molar-refractivity contribution in [2.24, 2.45) is 4.99 Å². The average molecular weight is 546 g/mol. The smallest absolute Gasteiger partial charge is 0.407 e. The van der Waals surface area contributed by atoms with Crippen molar-refractivity contribution in [3.05, 3.63) is 23.9 Å². The number of halogens is 1. The van der Waals surface area contributed by atoms with Crippen LogP contribution in [0.3, 0.4) is 0 Å². The van der Waals surface area contributed by atoms with Crippen LogP contribution in [-0.4, -0.2) is 55.9 Å². The van der Waals surface area contributed by atoms with Gasteiger partial charge in [-0.25, -0.2) is 9.78 Å². The number of anilines is 1. The SMILES string of the molecule is CN=C(NCCCNC(=O)OC(C)(C)C)NCc1ccc(N2CCCCCC2)nc1.I. The van der Waals surface area contributed by atoms with Crippen LogP contribution in [0.5, 0.6) is 0 Å². The number of hydrogen-bond donors (Lipinski definition) is 3. The molecule has 0 radical (unpaired) electrons. The molecule has 0 spiro atoms. The number of carbonyl (C=O) groups is 1. The van der Waals surface area contributed by atoms with E-state index in [0.717, 1.165) is 36.9 Å². The van der Waals surface area contributed by atoms with Crippen molar-refractivity contribution < 1.29 is 9.53 Å². The van der Waals surface area contributed by atoms with E-state index in [-0.39, 0.29) is 30.1 Å². The monoisotopic (exact) mass is 546 g/mol. The van der Waals surface area contributed by atoms with Crippen LogP contribution in [0.2, 0.25) is 0 Å². The Hall–Kier alpha value is -1.78. The number of ether oxygens (including phenoxy) is 1. The molecule has 0 unspecified atom stereocenters. The van der Waals surface area contributed by atoms with Gasteiger partial charge in [-0.1, -0.05) is 18.9 Å². The van der Waals surface area contributed by atoms with Gasteiger partial charge in [-0.3, -0.25) is 4.99 Å². The molecule has 0 saturated carbocycles. The topological polar surface area (TPSA) is 90.9 Å². The lowest BCUT2D eigenvalue weighted by atomic mass is 10.2. The second-order valence-electron chi connectivity index (χ2n) is 8.56. The summed E-state index contributed by atoms with van der Waals surface area (Å²) in [7, 11) is 1.75. The minimum atomic E-state index is -0.478. The molecule has 0 aliphatic carbocycles. The molecule has 1 aliphatic heterocycles. The van der Waals surface area contributed by atoms with Crippen molar-refractivity contribution in [1.82, 2.24) is 20.9 Å². The summed E-state index contributed by atoms with van der Waals surface area (Å²) >= 11 is 0. The third-order valence-electron chi connectivity index (χ3n) is 4.74. The highest BCUT2D eigenvalue weighted by atomic mass is 127. The Bertz CT molecular complexity index is 668. The van der Waals surface area contributed by atoms with Gasteiger partial charge >= 0.3 is 6.09 Å². The molecular formula is C22H39IN6O2. The largest absolute Gasteiger partial charge is 0.444 e. The minimum absolute atomic E-state index is 0. The van der Waals surface area contributed by atoms with Crippen LogP contribution in [0.1, 0.15) is 58.4 Å². The van der Waals surface area contributed by atoms with E-state index in [1.165, 1.54) is 25.7 Å². The maximum Gasteiger partial charge on any atom is 0.407 e. The molecule has 1 fully saturated rings. The predicted molar refractivity (Wildman–Crippen MR) is 137 cm³/mol. The summed E-state index contributed by atoms with van der Waals surface area (Å²) in [6, 6.07) is 4.24. The van der Waals surface area contributed by atoms with Gasteiger partial charge in [0.25, 0.3) is 0 Å². The lowest BCUT2D eigenvalue weighted by Crippen LogP contribution is -2.39.